The van der Waals surface area contributed by atoms with E-state index < -0.39 is 29.5 Å². The van der Waals surface area contributed by atoms with Crippen LogP contribution in [0.25, 0.3) is 0 Å². The molecule has 1 aromatic rings. The molecule has 1 N–H and O–H groups in total. The van der Waals surface area contributed by atoms with Crippen LogP contribution in [0.1, 0.15) is 6.92 Å². The van der Waals surface area contributed by atoms with E-state index in [-0.39, 0.29) is 31.5 Å². The minimum atomic E-state index is -0.894. The van der Waals surface area contributed by atoms with E-state index in [1.807, 2.05) is 12.2 Å². The lowest BCUT2D eigenvalue weighted by atomic mass is 9.76. The van der Waals surface area contributed by atoms with Crippen LogP contribution >= 0.6 is 0 Å². The molecule has 0 radical (unpaired) electrons. The summed E-state index contributed by atoms with van der Waals surface area (Å²) in [4.78, 5) is 39.6. The average molecular weight is 416 g/mol. The number of anilines is 1. The molecule has 0 aromatic heterocycles. The largest absolute Gasteiger partial charge is 0.497 e. The van der Waals surface area contributed by atoms with Gasteiger partial charge in [-0.15, -0.1) is 0 Å². The number of ether oxygens (including phenoxy) is 4. The summed E-state index contributed by atoms with van der Waals surface area (Å²) in [6, 6.07) is 5.06. The molecule has 2 amide bonds. The number of nitrogens with one attached hydrogen (secondary N) is 1. The highest BCUT2D eigenvalue weighted by atomic mass is 16.5. The number of methoxy groups -OCH3 is 2. The van der Waals surface area contributed by atoms with Gasteiger partial charge >= 0.3 is 5.97 Å². The zero-order valence-corrected chi connectivity index (χ0v) is 17.0. The van der Waals surface area contributed by atoms with Gasteiger partial charge < -0.3 is 29.2 Å². The van der Waals surface area contributed by atoms with Crippen molar-refractivity contribution in [3.05, 3.63) is 30.4 Å². The molecule has 3 heterocycles. The van der Waals surface area contributed by atoms with Gasteiger partial charge in [0.25, 0.3) is 0 Å². The lowest BCUT2D eigenvalue weighted by Gasteiger charge is -2.24. The van der Waals surface area contributed by atoms with E-state index >= 15 is 0 Å². The predicted octanol–water partition coefficient (Wildman–Crippen LogP) is 0.987. The van der Waals surface area contributed by atoms with Gasteiger partial charge in [-0.05, 0) is 19.1 Å². The Labute approximate surface area is 173 Å². The van der Waals surface area contributed by atoms with Gasteiger partial charge in [-0.25, -0.2) is 0 Å². The molecule has 0 aliphatic carbocycles. The topological polar surface area (TPSA) is 103 Å². The first-order valence-corrected chi connectivity index (χ1v) is 9.77. The molecular weight excluding hydrogens is 392 g/mol. The average Bonchev–Trinajstić information content (AvgIpc) is 3.36. The highest BCUT2D eigenvalue weighted by molar-refractivity contribution is 6.00. The second-order valence-corrected chi connectivity index (χ2v) is 7.45. The van der Waals surface area contributed by atoms with Crippen molar-refractivity contribution in [2.75, 3.05) is 39.2 Å². The molecule has 4 atom stereocenters. The van der Waals surface area contributed by atoms with Crippen LogP contribution in [0, 0.1) is 11.8 Å². The van der Waals surface area contributed by atoms with E-state index in [2.05, 4.69) is 5.32 Å². The van der Waals surface area contributed by atoms with Crippen molar-refractivity contribution in [1.82, 2.24) is 4.90 Å². The molecule has 2 saturated heterocycles. The predicted molar refractivity (Wildman–Crippen MR) is 105 cm³/mol. The Bertz CT molecular complexity index is 915. The Kier molecular flexibility index (Phi) is 5.15. The Morgan fingerprint density at radius 3 is 2.80 bits per heavy atom. The molecule has 160 valence electrons. The van der Waals surface area contributed by atoms with Gasteiger partial charge in [0.2, 0.25) is 11.8 Å². The van der Waals surface area contributed by atoms with Gasteiger partial charge in [0, 0.05) is 6.07 Å². The maximum atomic E-state index is 13.2. The van der Waals surface area contributed by atoms with Crippen molar-refractivity contribution < 1.29 is 33.3 Å². The highest BCUT2D eigenvalue weighted by Gasteiger charge is 2.67. The third-order valence-corrected chi connectivity index (χ3v) is 5.77. The van der Waals surface area contributed by atoms with E-state index in [1.165, 1.54) is 19.1 Å². The molecular formula is C21H24N2O7. The SMILES string of the molecule is CCOC(=O)CN1C[C@@]23C=C[C@@H](O2)[C@H](C(=O)Nc2cc(OC)ccc2OC)[C@@H]3C1=O. The van der Waals surface area contributed by atoms with Gasteiger partial charge in [-0.2, -0.15) is 0 Å². The van der Waals surface area contributed by atoms with E-state index in [0.29, 0.717) is 17.2 Å². The van der Waals surface area contributed by atoms with Crippen LogP contribution in [0.5, 0.6) is 11.5 Å². The first-order chi connectivity index (χ1) is 14.4. The molecule has 1 spiro atoms. The number of rotatable bonds is 7. The van der Waals surface area contributed by atoms with Crippen molar-refractivity contribution in [1.29, 1.82) is 0 Å². The van der Waals surface area contributed by atoms with E-state index in [9.17, 15) is 14.4 Å². The molecule has 2 fully saturated rings. The molecule has 1 aromatic carbocycles. The van der Waals surface area contributed by atoms with E-state index in [0.717, 1.165) is 0 Å². The Balaban J connectivity index is 1.56. The van der Waals surface area contributed by atoms with E-state index in [4.69, 9.17) is 18.9 Å². The van der Waals surface area contributed by atoms with Crippen molar-refractivity contribution in [3.8, 4) is 11.5 Å². The molecule has 3 aliphatic heterocycles. The zero-order chi connectivity index (χ0) is 21.5. The van der Waals surface area contributed by atoms with Crippen LogP contribution in [0.4, 0.5) is 5.69 Å². The Hall–Kier alpha value is -3.07. The number of amides is 2. The number of carbonyl (C=O) groups excluding carboxylic acids is 3. The smallest absolute Gasteiger partial charge is 0.325 e. The Morgan fingerprint density at radius 2 is 2.10 bits per heavy atom. The normalized spacial score (nSPS) is 28.4. The van der Waals surface area contributed by atoms with Crippen LogP contribution in [-0.4, -0.2) is 68.3 Å². The maximum Gasteiger partial charge on any atom is 0.325 e. The lowest BCUT2D eigenvalue weighted by molar-refractivity contribution is -0.148. The summed E-state index contributed by atoms with van der Waals surface area (Å²) in [6.45, 7) is 2.00. The summed E-state index contributed by atoms with van der Waals surface area (Å²) >= 11 is 0. The van der Waals surface area contributed by atoms with Gasteiger partial charge in [0.1, 0.15) is 23.6 Å². The molecule has 9 heteroatoms. The molecule has 0 saturated carbocycles. The molecule has 9 nitrogen and oxygen atoms in total. The molecule has 3 aliphatic rings. The van der Waals surface area contributed by atoms with Gasteiger partial charge in [-0.3, -0.25) is 14.4 Å². The number of esters is 1. The standard InChI is InChI=1S/C21H24N2O7/c1-4-29-16(24)10-23-11-21-8-7-15(30-21)17(18(21)20(23)26)19(25)22-13-9-12(27-2)5-6-14(13)28-3/h5-9,15,17-18H,4,10-11H2,1-3H3,(H,22,25)/t15-,17+,18-,21-/m1/s1. The molecule has 30 heavy (non-hydrogen) atoms. The summed E-state index contributed by atoms with van der Waals surface area (Å²) < 4.78 is 21.5. The highest BCUT2D eigenvalue weighted by Crippen LogP contribution is 2.52. The minimum Gasteiger partial charge on any atom is -0.497 e. The number of hydrogen-bond donors (Lipinski definition) is 1. The van der Waals surface area contributed by atoms with Crippen LogP contribution < -0.4 is 14.8 Å². The third-order valence-electron chi connectivity index (χ3n) is 5.77. The fraction of sp³-hybridized carbons (Fsp3) is 0.476. The lowest BCUT2D eigenvalue weighted by Crippen LogP contribution is -2.42. The molecule has 4 rings (SSSR count). The summed E-state index contributed by atoms with van der Waals surface area (Å²) in [5.74, 6) is -1.50. The number of fused-ring (bicyclic) bond motifs is 1. The minimum absolute atomic E-state index is 0.162. The van der Waals surface area contributed by atoms with Crippen molar-refractivity contribution in [2.45, 2.75) is 18.6 Å². The van der Waals surface area contributed by atoms with Crippen molar-refractivity contribution in [3.63, 3.8) is 0 Å². The third kappa shape index (κ3) is 3.19. The number of carbonyl (C=O) groups is 3. The van der Waals surface area contributed by atoms with Crippen LogP contribution in [0.2, 0.25) is 0 Å². The quantitative estimate of drug-likeness (QED) is 0.522. The second-order valence-electron chi connectivity index (χ2n) is 7.45. The van der Waals surface area contributed by atoms with Gasteiger partial charge in [-0.1, -0.05) is 12.2 Å². The maximum absolute atomic E-state index is 13.2. The summed E-state index contributed by atoms with van der Waals surface area (Å²) in [5.41, 5.74) is -0.453. The Morgan fingerprint density at radius 1 is 1.30 bits per heavy atom. The van der Waals surface area contributed by atoms with Crippen LogP contribution in [0.15, 0.2) is 30.4 Å². The summed E-state index contributed by atoms with van der Waals surface area (Å²) in [5, 5.41) is 2.85. The number of likely N-dealkylation sites (tertiary alicyclic amines) is 1. The summed E-state index contributed by atoms with van der Waals surface area (Å²) in [7, 11) is 3.03. The van der Waals surface area contributed by atoms with Crippen LogP contribution in [0.3, 0.4) is 0 Å². The molecule has 2 bridgehead atoms. The number of nitrogens with zero attached hydrogens (tertiary/aromatic N) is 1. The second kappa shape index (κ2) is 7.64. The van der Waals surface area contributed by atoms with Crippen molar-refractivity contribution >= 4 is 23.5 Å². The summed E-state index contributed by atoms with van der Waals surface area (Å²) in [6.07, 6.45) is 3.15. The van der Waals surface area contributed by atoms with E-state index in [1.54, 1.807) is 25.1 Å². The number of benzene rings is 1. The fourth-order valence-electron chi connectivity index (χ4n) is 4.50. The van der Waals surface area contributed by atoms with Crippen LogP contribution in [-0.2, 0) is 23.9 Å². The van der Waals surface area contributed by atoms with Gasteiger partial charge in [0.05, 0.1) is 51.0 Å². The number of hydrogen-bond acceptors (Lipinski definition) is 7. The first-order valence-electron chi connectivity index (χ1n) is 9.77. The van der Waals surface area contributed by atoms with Gasteiger partial charge in [0.15, 0.2) is 0 Å². The first kappa shape index (κ1) is 20.2. The zero-order valence-electron chi connectivity index (χ0n) is 17.0. The van der Waals surface area contributed by atoms with Crippen molar-refractivity contribution in [2.24, 2.45) is 11.8 Å². The monoisotopic (exact) mass is 416 g/mol. The fourth-order valence-corrected chi connectivity index (χ4v) is 4.50. The molecule has 0 unspecified atom stereocenters.